The van der Waals surface area contributed by atoms with Crippen LogP contribution in [0.15, 0.2) is 34.8 Å². The van der Waals surface area contributed by atoms with Gasteiger partial charge in [-0.05, 0) is 44.1 Å². The van der Waals surface area contributed by atoms with Gasteiger partial charge in [0.1, 0.15) is 5.69 Å². The minimum atomic E-state index is -2.76. The maximum Gasteiger partial charge on any atom is 0.268 e. The van der Waals surface area contributed by atoms with Crippen molar-refractivity contribution >= 4 is 16.8 Å². The summed E-state index contributed by atoms with van der Waals surface area (Å²) in [5.74, 6) is -4.04. The van der Waals surface area contributed by atoms with E-state index >= 15 is 0 Å². The van der Waals surface area contributed by atoms with Gasteiger partial charge in [-0.3, -0.25) is 14.6 Å². The Bertz CT molecular complexity index is 1060. The molecule has 166 valence electrons. The van der Waals surface area contributed by atoms with Crippen LogP contribution in [0.4, 0.5) is 8.78 Å². The molecule has 1 fully saturated rings. The zero-order chi connectivity index (χ0) is 22.0. The Hall–Kier alpha value is -2.57. The molecule has 0 aliphatic heterocycles. The molecule has 2 aromatic rings. The van der Waals surface area contributed by atoms with Gasteiger partial charge in [0.15, 0.2) is 5.43 Å². The van der Waals surface area contributed by atoms with E-state index in [0.717, 1.165) is 25.7 Å². The number of carbonyl (C=O) groups is 1. The van der Waals surface area contributed by atoms with Crippen molar-refractivity contribution in [3.05, 3.63) is 51.6 Å². The van der Waals surface area contributed by atoms with E-state index in [1.807, 2.05) is 0 Å². The maximum atomic E-state index is 14.5. The monoisotopic (exact) mass is 429 g/mol. The number of H-pyrrole nitrogens is 1. The van der Waals surface area contributed by atoms with E-state index in [1.165, 1.54) is 37.1 Å². The summed E-state index contributed by atoms with van der Waals surface area (Å²) in [4.78, 5) is 31.7. The number of carbonyl (C=O) groups excluding carboxylic acids is 1. The smallest absolute Gasteiger partial charge is 0.268 e. The first-order valence-corrected chi connectivity index (χ1v) is 11.2. The minimum absolute atomic E-state index is 0.0109. The summed E-state index contributed by atoms with van der Waals surface area (Å²) in [7, 11) is 0. The Kier molecular flexibility index (Phi) is 6.21. The van der Waals surface area contributed by atoms with Gasteiger partial charge in [-0.1, -0.05) is 30.9 Å². The second-order valence-corrected chi connectivity index (χ2v) is 8.93. The Morgan fingerprint density at radius 2 is 1.94 bits per heavy atom. The van der Waals surface area contributed by atoms with Crippen molar-refractivity contribution in [2.75, 3.05) is 0 Å². The molecule has 1 amide bonds. The zero-order valence-corrected chi connectivity index (χ0v) is 17.6. The summed E-state index contributed by atoms with van der Waals surface area (Å²) < 4.78 is 29.0. The third kappa shape index (κ3) is 4.70. The van der Waals surface area contributed by atoms with Gasteiger partial charge in [-0.25, -0.2) is 8.78 Å². The van der Waals surface area contributed by atoms with Crippen molar-refractivity contribution < 1.29 is 13.6 Å². The number of fused-ring (bicyclic) bond motifs is 1. The van der Waals surface area contributed by atoms with Crippen LogP contribution in [-0.4, -0.2) is 21.8 Å². The summed E-state index contributed by atoms with van der Waals surface area (Å²) in [5, 5.41) is 0.111. The number of halogens is 2. The van der Waals surface area contributed by atoms with E-state index in [0.29, 0.717) is 17.6 Å². The third-order valence-electron chi connectivity index (χ3n) is 6.77. The fourth-order valence-corrected chi connectivity index (χ4v) is 5.24. The van der Waals surface area contributed by atoms with E-state index in [9.17, 15) is 18.4 Å². The van der Waals surface area contributed by atoms with Crippen LogP contribution in [0.5, 0.6) is 0 Å². The maximum absolute atomic E-state index is 14.5. The number of alkyl halides is 2. The van der Waals surface area contributed by atoms with Crippen molar-refractivity contribution in [1.82, 2.24) is 9.97 Å². The van der Waals surface area contributed by atoms with E-state index in [2.05, 4.69) is 16.0 Å². The number of pyridine rings is 2. The number of nitrogens with one attached hydrogen (secondary N) is 1. The minimum Gasteiger partial charge on any atom is -0.364 e. The highest BCUT2D eigenvalue weighted by atomic mass is 19.3. The molecule has 2 heterocycles. The standard InChI is InChI=1S/C24H29F2N3O2/c25-24(26)11-9-16(15-7-5-3-1-2-4-6-8-15)17(14-24)19-13-20(30)21-18(29-19)10-12-28-22(21)23(27)31/h7,10,12-13,16-17H,1-6,8-9,11,14H2,(H2,27,31)(H,29,30)/b15-7+/t16?,17-/m1/s1. The Morgan fingerprint density at radius 3 is 2.74 bits per heavy atom. The van der Waals surface area contributed by atoms with Crippen molar-refractivity contribution in [2.24, 2.45) is 11.7 Å². The fraction of sp³-hybridized carbons (Fsp3) is 0.542. The molecule has 1 saturated carbocycles. The summed E-state index contributed by atoms with van der Waals surface area (Å²) in [6.07, 6.45) is 11.4. The summed E-state index contributed by atoms with van der Waals surface area (Å²) in [6, 6.07) is 2.95. The second kappa shape index (κ2) is 8.89. The molecule has 0 saturated heterocycles. The third-order valence-corrected chi connectivity index (χ3v) is 6.77. The number of aromatic amines is 1. The van der Waals surface area contributed by atoms with Gasteiger partial charge >= 0.3 is 0 Å². The molecule has 7 heteroatoms. The van der Waals surface area contributed by atoms with E-state index in [-0.39, 0.29) is 29.8 Å². The molecular formula is C24H29F2N3O2. The SMILES string of the molecule is NC(=O)c1nccc2[nH]c([C@@H]3CC(F)(F)CCC3/C3=C/CCCCCCC3)cc(=O)c12. The molecule has 1 unspecified atom stereocenters. The first-order valence-electron chi connectivity index (χ1n) is 11.2. The molecule has 2 aliphatic rings. The number of aromatic nitrogens is 2. The molecule has 2 aromatic heterocycles. The molecule has 2 aliphatic carbocycles. The highest BCUT2D eigenvalue weighted by Gasteiger charge is 2.43. The molecule has 4 rings (SSSR count). The zero-order valence-electron chi connectivity index (χ0n) is 17.6. The summed E-state index contributed by atoms with van der Waals surface area (Å²) >= 11 is 0. The van der Waals surface area contributed by atoms with Crippen molar-refractivity contribution in [1.29, 1.82) is 0 Å². The number of hydrogen-bond donors (Lipinski definition) is 2. The predicted octanol–water partition coefficient (Wildman–Crippen LogP) is 5.21. The molecule has 5 nitrogen and oxygen atoms in total. The van der Waals surface area contributed by atoms with Crippen LogP contribution in [0.1, 0.15) is 86.3 Å². The van der Waals surface area contributed by atoms with Crippen LogP contribution in [0.2, 0.25) is 0 Å². The molecule has 0 spiro atoms. The highest BCUT2D eigenvalue weighted by Crippen LogP contribution is 2.48. The Labute approximate surface area is 180 Å². The van der Waals surface area contributed by atoms with Crippen LogP contribution in [0.3, 0.4) is 0 Å². The highest BCUT2D eigenvalue weighted by molar-refractivity contribution is 6.03. The Balaban J connectivity index is 1.77. The predicted molar refractivity (Wildman–Crippen MR) is 116 cm³/mol. The molecular weight excluding hydrogens is 400 g/mol. The normalized spacial score (nSPS) is 26.3. The average Bonchev–Trinajstić information content (AvgIpc) is 2.86. The number of nitrogens with zero attached hydrogens (tertiary/aromatic N) is 1. The van der Waals surface area contributed by atoms with Gasteiger partial charge in [-0.15, -0.1) is 0 Å². The van der Waals surface area contributed by atoms with Gasteiger partial charge in [-0.2, -0.15) is 0 Å². The lowest BCUT2D eigenvalue weighted by Gasteiger charge is -2.38. The van der Waals surface area contributed by atoms with Crippen molar-refractivity contribution in [3.63, 3.8) is 0 Å². The van der Waals surface area contributed by atoms with E-state index < -0.39 is 23.2 Å². The summed E-state index contributed by atoms with van der Waals surface area (Å²) in [5.41, 5.74) is 7.02. The molecule has 31 heavy (non-hydrogen) atoms. The first kappa shape index (κ1) is 21.7. The number of primary amides is 1. The van der Waals surface area contributed by atoms with Gasteiger partial charge in [0.25, 0.3) is 5.91 Å². The largest absolute Gasteiger partial charge is 0.364 e. The van der Waals surface area contributed by atoms with Crippen LogP contribution >= 0.6 is 0 Å². The molecule has 0 radical (unpaired) electrons. The van der Waals surface area contributed by atoms with Gasteiger partial charge in [0.2, 0.25) is 5.92 Å². The average molecular weight is 430 g/mol. The molecule has 0 bridgehead atoms. The van der Waals surface area contributed by atoms with E-state index in [4.69, 9.17) is 5.73 Å². The van der Waals surface area contributed by atoms with Crippen molar-refractivity contribution in [2.45, 2.75) is 76.0 Å². The number of hydrogen-bond acceptors (Lipinski definition) is 3. The van der Waals surface area contributed by atoms with Gasteiger partial charge < -0.3 is 10.7 Å². The van der Waals surface area contributed by atoms with Crippen LogP contribution < -0.4 is 11.2 Å². The quantitative estimate of drug-likeness (QED) is 0.656. The molecule has 0 aromatic carbocycles. The van der Waals surface area contributed by atoms with Crippen molar-refractivity contribution in [3.8, 4) is 0 Å². The topological polar surface area (TPSA) is 88.8 Å². The number of nitrogens with two attached hydrogens (primary N) is 1. The van der Waals surface area contributed by atoms with Gasteiger partial charge in [0.05, 0.1) is 10.9 Å². The lowest BCUT2D eigenvalue weighted by molar-refractivity contribution is -0.0513. The van der Waals surface area contributed by atoms with Crippen LogP contribution in [0, 0.1) is 5.92 Å². The second-order valence-electron chi connectivity index (χ2n) is 8.93. The number of allylic oxidation sites excluding steroid dienone is 2. The van der Waals surface area contributed by atoms with Gasteiger partial charge in [0, 0.05) is 36.7 Å². The Morgan fingerprint density at radius 1 is 1.16 bits per heavy atom. The molecule has 2 atom stereocenters. The van der Waals surface area contributed by atoms with Crippen LogP contribution in [-0.2, 0) is 0 Å². The lowest BCUT2D eigenvalue weighted by Crippen LogP contribution is -2.33. The molecule has 3 N–H and O–H groups in total. The fourth-order valence-electron chi connectivity index (χ4n) is 5.24. The van der Waals surface area contributed by atoms with Crippen LogP contribution in [0.25, 0.3) is 10.9 Å². The van der Waals surface area contributed by atoms with E-state index in [1.54, 1.807) is 6.07 Å². The first-order chi connectivity index (χ1) is 14.9. The number of amides is 1. The summed E-state index contributed by atoms with van der Waals surface area (Å²) in [6.45, 7) is 0. The number of rotatable bonds is 3. The lowest BCUT2D eigenvalue weighted by atomic mass is 9.71.